The highest BCUT2D eigenvalue weighted by molar-refractivity contribution is 5.88. The number of ether oxygens (including phenoxy) is 4. The monoisotopic (exact) mass is 344 g/mol. The van der Waals surface area contributed by atoms with Crippen LogP contribution in [0, 0.1) is 5.92 Å². The summed E-state index contributed by atoms with van der Waals surface area (Å²) in [5.41, 5.74) is 0. The van der Waals surface area contributed by atoms with Crippen LogP contribution in [0.3, 0.4) is 0 Å². The summed E-state index contributed by atoms with van der Waals surface area (Å²) >= 11 is 0. The smallest absolute Gasteiger partial charge is 0.303 e. The molecule has 0 aliphatic heterocycles. The van der Waals surface area contributed by atoms with Gasteiger partial charge < -0.3 is 18.9 Å². The van der Waals surface area contributed by atoms with Crippen LogP contribution in [0.2, 0.25) is 0 Å². The van der Waals surface area contributed by atoms with Crippen molar-refractivity contribution in [2.75, 3.05) is 6.61 Å². The molecule has 0 amide bonds. The highest BCUT2D eigenvalue weighted by Gasteiger charge is 2.50. The third kappa shape index (κ3) is 5.64. The molecule has 0 N–H and O–H groups in total. The lowest BCUT2D eigenvalue weighted by molar-refractivity contribution is -0.199. The van der Waals surface area contributed by atoms with Crippen molar-refractivity contribution in [3.05, 3.63) is 0 Å². The SMILES string of the molecule is CC(=O)OC[C@H]1CC(=O)[C@H](OC(C)=O)[C@@H](OC(C)=O)[C@@H]1OC(C)=O. The Kier molecular flexibility index (Phi) is 6.87. The molecule has 9 nitrogen and oxygen atoms in total. The van der Waals surface area contributed by atoms with Gasteiger partial charge in [-0.05, 0) is 0 Å². The van der Waals surface area contributed by atoms with Gasteiger partial charge in [0.05, 0.1) is 6.61 Å². The van der Waals surface area contributed by atoms with Crippen LogP contribution < -0.4 is 0 Å². The number of hydrogen-bond donors (Lipinski definition) is 0. The van der Waals surface area contributed by atoms with Crippen LogP contribution in [0.25, 0.3) is 0 Å². The fourth-order valence-electron chi connectivity index (χ4n) is 2.48. The Morgan fingerprint density at radius 3 is 1.79 bits per heavy atom. The number of Topliss-reactive ketones (excluding diaryl/α,β-unsaturated/α-hetero) is 1. The summed E-state index contributed by atoms with van der Waals surface area (Å²) in [6, 6.07) is 0. The lowest BCUT2D eigenvalue weighted by atomic mass is 9.81. The van der Waals surface area contributed by atoms with E-state index >= 15 is 0 Å². The first-order valence-corrected chi connectivity index (χ1v) is 7.29. The second kappa shape index (κ2) is 8.42. The molecule has 0 unspecified atom stereocenters. The van der Waals surface area contributed by atoms with E-state index in [0.717, 1.165) is 20.8 Å². The summed E-state index contributed by atoms with van der Waals surface area (Å²) in [5, 5.41) is 0. The number of esters is 4. The molecule has 4 atom stereocenters. The molecule has 1 aliphatic rings. The molecule has 0 saturated heterocycles. The van der Waals surface area contributed by atoms with E-state index in [1.807, 2.05) is 0 Å². The molecular weight excluding hydrogens is 324 g/mol. The van der Waals surface area contributed by atoms with E-state index in [1.54, 1.807) is 0 Å². The summed E-state index contributed by atoms with van der Waals surface area (Å²) < 4.78 is 20.0. The van der Waals surface area contributed by atoms with Crippen molar-refractivity contribution in [3.63, 3.8) is 0 Å². The quantitative estimate of drug-likeness (QED) is 0.498. The molecule has 9 heteroatoms. The van der Waals surface area contributed by atoms with Gasteiger partial charge in [-0.3, -0.25) is 24.0 Å². The van der Waals surface area contributed by atoms with E-state index in [-0.39, 0.29) is 13.0 Å². The molecular formula is C15H20O9. The minimum absolute atomic E-state index is 0.166. The molecule has 0 radical (unpaired) electrons. The first-order chi connectivity index (χ1) is 11.1. The van der Waals surface area contributed by atoms with E-state index in [4.69, 9.17) is 18.9 Å². The van der Waals surface area contributed by atoms with Gasteiger partial charge in [-0.2, -0.15) is 0 Å². The van der Waals surface area contributed by atoms with E-state index in [1.165, 1.54) is 6.92 Å². The normalized spacial score (nSPS) is 26.2. The van der Waals surface area contributed by atoms with Gasteiger partial charge in [0.25, 0.3) is 0 Å². The van der Waals surface area contributed by atoms with E-state index in [0.29, 0.717) is 0 Å². The molecule has 1 saturated carbocycles. The number of carbonyl (C=O) groups is 5. The second-order valence-electron chi connectivity index (χ2n) is 5.41. The lowest BCUT2D eigenvalue weighted by Gasteiger charge is -2.39. The van der Waals surface area contributed by atoms with Crippen molar-refractivity contribution in [2.45, 2.75) is 52.4 Å². The maximum absolute atomic E-state index is 12.3. The van der Waals surface area contributed by atoms with Crippen LogP contribution in [0.15, 0.2) is 0 Å². The maximum atomic E-state index is 12.3. The summed E-state index contributed by atoms with van der Waals surface area (Å²) in [5.74, 6) is -3.98. The maximum Gasteiger partial charge on any atom is 0.303 e. The van der Waals surface area contributed by atoms with Crippen LogP contribution >= 0.6 is 0 Å². The number of rotatable bonds is 5. The lowest BCUT2D eigenvalue weighted by Crippen LogP contribution is -2.57. The topological polar surface area (TPSA) is 122 Å². The first-order valence-electron chi connectivity index (χ1n) is 7.29. The predicted molar refractivity (Wildman–Crippen MR) is 76.4 cm³/mol. The molecule has 0 aromatic heterocycles. The zero-order valence-electron chi connectivity index (χ0n) is 13.9. The largest absolute Gasteiger partial charge is 0.465 e. The van der Waals surface area contributed by atoms with E-state index in [9.17, 15) is 24.0 Å². The van der Waals surface area contributed by atoms with Gasteiger partial charge in [0.1, 0.15) is 6.10 Å². The van der Waals surface area contributed by atoms with Gasteiger partial charge in [-0.25, -0.2) is 0 Å². The molecule has 0 heterocycles. The Morgan fingerprint density at radius 1 is 0.833 bits per heavy atom. The van der Waals surface area contributed by atoms with Gasteiger partial charge in [0, 0.05) is 40.0 Å². The molecule has 1 aliphatic carbocycles. The molecule has 0 spiro atoms. The minimum atomic E-state index is -1.38. The van der Waals surface area contributed by atoms with Crippen molar-refractivity contribution in [1.29, 1.82) is 0 Å². The van der Waals surface area contributed by atoms with Gasteiger partial charge in [-0.1, -0.05) is 0 Å². The molecule has 134 valence electrons. The Hall–Kier alpha value is -2.45. The zero-order valence-corrected chi connectivity index (χ0v) is 13.9. The standard InChI is InChI=1S/C15H20O9/c1-7(16)21-6-11-5-12(20)14(23-9(3)18)15(24-10(4)19)13(11)22-8(2)17/h11,13-15H,5-6H2,1-4H3/t11-,13-,14+,15+/m1/s1. The summed E-state index contributed by atoms with van der Waals surface area (Å²) in [7, 11) is 0. The summed E-state index contributed by atoms with van der Waals surface area (Å²) in [6.45, 7) is 4.34. The number of ketones is 1. The van der Waals surface area contributed by atoms with Crippen LogP contribution in [-0.2, 0) is 42.9 Å². The average Bonchev–Trinajstić information content (AvgIpc) is 2.42. The van der Waals surface area contributed by atoms with Crippen LogP contribution in [-0.4, -0.2) is 54.6 Å². The molecule has 0 aromatic rings. The van der Waals surface area contributed by atoms with Gasteiger partial charge in [0.2, 0.25) is 0 Å². The highest BCUT2D eigenvalue weighted by atomic mass is 16.6. The van der Waals surface area contributed by atoms with Gasteiger partial charge in [0.15, 0.2) is 18.0 Å². The third-order valence-electron chi connectivity index (χ3n) is 3.27. The molecule has 0 aromatic carbocycles. The van der Waals surface area contributed by atoms with Crippen LogP contribution in [0.5, 0.6) is 0 Å². The molecule has 1 rings (SSSR count). The average molecular weight is 344 g/mol. The summed E-state index contributed by atoms with van der Waals surface area (Å²) in [6.07, 6.45) is -3.95. The summed E-state index contributed by atoms with van der Waals surface area (Å²) in [4.78, 5) is 57.2. The fraction of sp³-hybridized carbons (Fsp3) is 0.667. The molecule has 1 fully saturated rings. The first kappa shape index (κ1) is 19.6. The third-order valence-corrected chi connectivity index (χ3v) is 3.27. The van der Waals surface area contributed by atoms with Crippen molar-refractivity contribution in [2.24, 2.45) is 5.92 Å². The van der Waals surface area contributed by atoms with Crippen molar-refractivity contribution in [1.82, 2.24) is 0 Å². The zero-order chi connectivity index (χ0) is 18.4. The van der Waals surface area contributed by atoms with E-state index in [2.05, 4.69) is 0 Å². The van der Waals surface area contributed by atoms with Crippen LogP contribution in [0.4, 0.5) is 0 Å². The Labute approximate surface area is 138 Å². The van der Waals surface area contributed by atoms with Crippen molar-refractivity contribution in [3.8, 4) is 0 Å². The Morgan fingerprint density at radius 2 is 1.33 bits per heavy atom. The predicted octanol–water partition coefficient (Wildman–Crippen LogP) is -0.0664. The molecule has 24 heavy (non-hydrogen) atoms. The van der Waals surface area contributed by atoms with E-state index < -0.39 is 53.9 Å². The van der Waals surface area contributed by atoms with Crippen molar-refractivity contribution >= 4 is 29.7 Å². The fourth-order valence-corrected chi connectivity index (χ4v) is 2.48. The Bertz CT molecular complexity index is 539. The van der Waals surface area contributed by atoms with Gasteiger partial charge in [-0.15, -0.1) is 0 Å². The number of hydrogen-bond acceptors (Lipinski definition) is 9. The van der Waals surface area contributed by atoms with Crippen LogP contribution in [0.1, 0.15) is 34.1 Å². The van der Waals surface area contributed by atoms with Gasteiger partial charge >= 0.3 is 23.9 Å². The number of carbonyl (C=O) groups excluding carboxylic acids is 5. The Balaban J connectivity index is 3.13. The minimum Gasteiger partial charge on any atom is -0.465 e. The second-order valence-corrected chi connectivity index (χ2v) is 5.41. The molecule has 0 bridgehead atoms. The van der Waals surface area contributed by atoms with Crippen molar-refractivity contribution < 1.29 is 42.9 Å². The highest BCUT2D eigenvalue weighted by Crippen LogP contribution is 2.30.